The molecular formula is C17H21NO6. The summed E-state index contributed by atoms with van der Waals surface area (Å²) in [5.74, 6) is -1.19. The first kappa shape index (κ1) is 17.8. The van der Waals surface area contributed by atoms with Crippen molar-refractivity contribution in [3.8, 4) is 5.75 Å². The van der Waals surface area contributed by atoms with Crippen LogP contribution in [-0.2, 0) is 23.8 Å². The van der Waals surface area contributed by atoms with Crippen molar-refractivity contribution < 1.29 is 28.9 Å². The minimum absolute atomic E-state index is 0.0000359. The van der Waals surface area contributed by atoms with Gasteiger partial charge in [-0.15, -0.1) is 0 Å². The maximum absolute atomic E-state index is 12.2. The third kappa shape index (κ3) is 3.35. The van der Waals surface area contributed by atoms with E-state index in [2.05, 4.69) is 0 Å². The molecule has 0 amide bonds. The summed E-state index contributed by atoms with van der Waals surface area (Å²) < 4.78 is 14.9. The number of esters is 2. The van der Waals surface area contributed by atoms with E-state index >= 15 is 0 Å². The van der Waals surface area contributed by atoms with Gasteiger partial charge in [0.25, 0.3) is 0 Å². The molecule has 1 heterocycles. The molecule has 0 bridgehead atoms. The third-order valence-electron chi connectivity index (χ3n) is 3.79. The number of anilines is 1. The van der Waals surface area contributed by atoms with E-state index in [1.54, 1.807) is 18.2 Å². The van der Waals surface area contributed by atoms with E-state index < -0.39 is 11.9 Å². The fourth-order valence-corrected chi connectivity index (χ4v) is 2.45. The number of benzene rings is 1. The molecule has 0 spiro atoms. The molecule has 1 aromatic carbocycles. The van der Waals surface area contributed by atoms with Crippen LogP contribution in [0.3, 0.4) is 0 Å². The Morgan fingerprint density at radius 2 is 1.88 bits per heavy atom. The molecule has 0 fully saturated rings. The Morgan fingerprint density at radius 1 is 1.21 bits per heavy atom. The van der Waals surface area contributed by atoms with E-state index in [0.29, 0.717) is 5.69 Å². The molecule has 1 N–H and O–H groups in total. The molecule has 0 radical (unpaired) electrons. The predicted molar refractivity (Wildman–Crippen MR) is 86.6 cm³/mol. The second kappa shape index (κ2) is 7.35. The molecule has 0 saturated carbocycles. The predicted octanol–water partition coefficient (Wildman–Crippen LogP) is 1.91. The fourth-order valence-electron chi connectivity index (χ4n) is 2.45. The molecule has 0 unspecified atom stereocenters. The van der Waals surface area contributed by atoms with Crippen LogP contribution in [0.2, 0.25) is 0 Å². The highest BCUT2D eigenvalue weighted by Gasteiger charge is 2.33. The van der Waals surface area contributed by atoms with E-state index in [9.17, 15) is 14.7 Å². The number of phenolic OH excluding ortho intramolecular Hbond substituents is 1. The van der Waals surface area contributed by atoms with Gasteiger partial charge in [-0.1, -0.05) is 19.9 Å². The smallest absolute Gasteiger partial charge is 0.355 e. The van der Waals surface area contributed by atoms with Crippen LogP contribution in [-0.4, -0.2) is 44.6 Å². The van der Waals surface area contributed by atoms with Crippen molar-refractivity contribution in [2.45, 2.75) is 19.8 Å². The van der Waals surface area contributed by atoms with E-state index in [0.717, 1.165) is 5.56 Å². The van der Waals surface area contributed by atoms with Crippen LogP contribution >= 0.6 is 0 Å². The Hall–Kier alpha value is -2.54. The first-order chi connectivity index (χ1) is 11.4. The van der Waals surface area contributed by atoms with Gasteiger partial charge in [-0.05, 0) is 23.6 Å². The van der Waals surface area contributed by atoms with E-state index in [1.807, 2.05) is 13.8 Å². The molecule has 1 aliphatic heterocycles. The van der Waals surface area contributed by atoms with Gasteiger partial charge in [0.05, 0.1) is 32.1 Å². The molecular weight excluding hydrogens is 314 g/mol. The topological polar surface area (TPSA) is 85.3 Å². The summed E-state index contributed by atoms with van der Waals surface area (Å²) >= 11 is 0. The van der Waals surface area contributed by atoms with E-state index in [-0.39, 0.29) is 36.3 Å². The molecule has 1 aliphatic rings. The fraction of sp³-hybridized carbons (Fsp3) is 0.412. The van der Waals surface area contributed by atoms with Crippen molar-refractivity contribution in [3.05, 3.63) is 35.0 Å². The second-order valence-corrected chi connectivity index (χ2v) is 5.62. The van der Waals surface area contributed by atoms with Crippen molar-refractivity contribution in [2.24, 2.45) is 0 Å². The zero-order valence-corrected chi connectivity index (χ0v) is 14.2. The van der Waals surface area contributed by atoms with Gasteiger partial charge in [0.1, 0.15) is 18.2 Å². The maximum atomic E-state index is 12.2. The molecule has 7 nitrogen and oxygen atoms in total. The van der Waals surface area contributed by atoms with Gasteiger partial charge in [0, 0.05) is 0 Å². The van der Waals surface area contributed by atoms with Crippen LogP contribution < -0.4 is 4.90 Å². The standard InChI is InChI=1S/C17H21NO6/c1-10(2)11-5-6-14(19)13(7-11)18-9-24-8-12(16(20)22-3)15(18)17(21)23-4/h5-7,10,19H,8-9H2,1-4H3. The van der Waals surface area contributed by atoms with Gasteiger partial charge in [-0.2, -0.15) is 0 Å². The number of hydrogen-bond acceptors (Lipinski definition) is 7. The van der Waals surface area contributed by atoms with Gasteiger partial charge in [0.15, 0.2) is 0 Å². The molecule has 2 rings (SSSR count). The molecule has 0 aromatic heterocycles. The molecule has 0 saturated heterocycles. The largest absolute Gasteiger partial charge is 0.506 e. The number of phenols is 1. The molecule has 0 atom stereocenters. The van der Waals surface area contributed by atoms with Crippen molar-refractivity contribution in [2.75, 3.05) is 32.5 Å². The number of aromatic hydroxyl groups is 1. The molecule has 7 heteroatoms. The Labute approximate surface area is 140 Å². The van der Waals surface area contributed by atoms with Crippen molar-refractivity contribution in [1.82, 2.24) is 0 Å². The van der Waals surface area contributed by atoms with Crippen molar-refractivity contribution in [1.29, 1.82) is 0 Å². The van der Waals surface area contributed by atoms with Crippen molar-refractivity contribution in [3.63, 3.8) is 0 Å². The zero-order chi connectivity index (χ0) is 17.9. The monoisotopic (exact) mass is 335 g/mol. The van der Waals surface area contributed by atoms with Crippen LogP contribution in [0.5, 0.6) is 5.75 Å². The lowest BCUT2D eigenvalue weighted by Gasteiger charge is -2.32. The minimum Gasteiger partial charge on any atom is -0.506 e. The summed E-state index contributed by atoms with van der Waals surface area (Å²) in [7, 11) is 2.45. The van der Waals surface area contributed by atoms with Crippen molar-refractivity contribution >= 4 is 17.6 Å². The molecule has 24 heavy (non-hydrogen) atoms. The zero-order valence-electron chi connectivity index (χ0n) is 14.2. The Kier molecular flexibility index (Phi) is 5.46. The lowest BCUT2D eigenvalue weighted by Crippen LogP contribution is -2.38. The first-order valence-electron chi connectivity index (χ1n) is 7.48. The number of ether oxygens (including phenoxy) is 3. The third-order valence-corrected chi connectivity index (χ3v) is 3.79. The molecule has 130 valence electrons. The minimum atomic E-state index is -0.701. The highest BCUT2D eigenvalue weighted by atomic mass is 16.5. The number of nitrogens with zero attached hydrogens (tertiary/aromatic N) is 1. The van der Waals surface area contributed by atoms with E-state index in [1.165, 1.54) is 19.1 Å². The quantitative estimate of drug-likeness (QED) is 0.841. The van der Waals surface area contributed by atoms with E-state index in [4.69, 9.17) is 14.2 Å². The Balaban J connectivity index is 2.61. The number of carbonyl (C=O) groups excluding carboxylic acids is 2. The van der Waals surface area contributed by atoms with Gasteiger partial charge in [-0.25, -0.2) is 9.59 Å². The highest BCUT2D eigenvalue weighted by molar-refractivity contribution is 6.03. The normalized spacial score (nSPS) is 14.8. The van der Waals surface area contributed by atoms with Crippen LogP contribution in [0.4, 0.5) is 5.69 Å². The summed E-state index contributed by atoms with van der Waals surface area (Å²) in [5, 5.41) is 10.2. The van der Waals surface area contributed by atoms with Gasteiger partial charge in [-0.3, -0.25) is 0 Å². The van der Waals surface area contributed by atoms with Crippen LogP contribution in [0.25, 0.3) is 0 Å². The second-order valence-electron chi connectivity index (χ2n) is 5.62. The summed E-state index contributed by atoms with van der Waals surface area (Å²) in [6, 6.07) is 5.11. The summed E-state index contributed by atoms with van der Waals surface area (Å²) in [6.45, 7) is 3.96. The number of methoxy groups -OCH3 is 2. The number of carbonyl (C=O) groups is 2. The van der Waals surface area contributed by atoms with Gasteiger partial charge >= 0.3 is 11.9 Å². The maximum Gasteiger partial charge on any atom is 0.355 e. The van der Waals surface area contributed by atoms with Crippen LogP contribution in [0.1, 0.15) is 25.3 Å². The molecule has 1 aromatic rings. The lowest BCUT2D eigenvalue weighted by atomic mass is 10.0. The Morgan fingerprint density at radius 3 is 2.46 bits per heavy atom. The van der Waals surface area contributed by atoms with Gasteiger partial charge < -0.3 is 24.2 Å². The number of rotatable bonds is 4. The van der Waals surface area contributed by atoms with Gasteiger partial charge in [0.2, 0.25) is 0 Å². The summed E-state index contributed by atoms with van der Waals surface area (Å²) in [5.41, 5.74) is 1.39. The SMILES string of the molecule is COC(=O)C1=C(C(=O)OC)N(c2cc(C(C)C)ccc2O)COC1. The molecule has 0 aliphatic carbocycles. The van der Waals surface area contributed by atoms with Crippen LogP contribution in [0.15, 0.2) is 29.5 Å². The highest BCUT2D eigenvalue weighted by Crippen LogP contribution is 2.35. The first-order valence-corrected chi connectivity index (χ1v) is 7.48. The average molecular weight is 335 g/mol. The number of hydrogen-bond donors (Lipinski definition) is 1. The van der Waals surface area contributed by atoms with Crippen LogP contribution in [0, 0.1) is 0 Å². The lowest BCUT2D eigenvalue weighted by molar-refractivity contribution is -0.140. The average Bonchev–Trinajstić information content (AvgIpc) is 2.59. The summed E-state index contributed by atoms with van der Waals surface area (Å²) in [6.07, 6.45) is 0. The summed E-state index contributed by atoms with van der Waals surface area (Å²) in [4.78, 5) is 25.6. The Bertz CT molecular complexity index is 680.